The van der Waals surface area contributed by atoms with Crippen LogP contribution >= 0.6 is 0 Å². The molecule has 71 heavy (non-hydrogen) atoms. The quantitative estimate of drug-likeness (QED) is 0.0261. The van der Waals surface area contributed by atoms with Gasteiger partial charge in [-0.15, -0.1) is 0 Å². The van der Waals surface area contributed by atoms with Crippen molar-refractivity contribution >= 4 is 17.9 Å². The summed E-state index contributed by atoms with van der Waals surface area (Å²) in [4.78, 5) is 37.9. The smallest absolute Gasteiger partial charge is 0.306 e. The minimum Gasteiger partial charge on any atom is -0.462 e. The summed E-state index contributed by atoms with van der Waals surface area (Å²) in [6.07, 6.45) is 77.6. The third kappa shape index (κ3) is 57.4. The Labute approximate surface area is 439 Å². The van der Waals surface area contributed by atoms with Crippen LogP contribution < -0.4 is 0 Å². The van der Waals surface area contributed by atoms with Crippen molar-refractivity contribution in [1.82, 2.24) is 0 Å². The van der Waals surface area contributed by atoms with E-state index in [4.69, 9.17) is 14.2 Å². The monoisotopic (exact) mass is 989 g/mol. The fourth-order valence-electron chi connectivity index (χ4n) is 8.42. The maximum absolute atomic E-state index is 12.7. The van der Waals surface area contributed by atoms with Crippen LogP contribution in [0.2, 0.25) is 0 Å². The second-order valence-electron chi connectivity index (χ2n) is 19.9. The van der Waals surface area contributed by atoms with Crippen molar-refractivity contribution in [3.8, 4) is 0 Å². The number of hydrogen-bond donors (Lipinski definition) is 0. The number of allylic oxidation sites excluding steroid dienone is 14. The first kappa shape index (κ1) is 67.6. The van der Waals surface area contributed by atoms with Gasteiger partial charge in [-0.05, 0) is 77.0 Å². The molecule has 0 aromatic carbocycles. The summed E-state index contributed by atoms with van der Waals surface area (Å²) in [6.45, 7) is 6.50. The van der Waals surface area contributed by atoms with Gasteiger partial charge in [0.1, 0.15) is 13.2 Å². The average molecular weight is 990 g/mol. The zero-order valence-corrected chi connectivity index (χ0v) is 46.7. The van der Waals surface area contributed by atoms with Gasteiger partial charge < -0.3 is 14.2 Å². The highest BCUT2D eigenvalue weighted by Crippen LogP contribution is 2.16. The van der Waals surface area contributed by atoms with E-state index in [1.54, 1.807) is 0 Å². The van der Waals surface area contributed by atoms with E-state index in [0.717, 1.165) is 103 Å². The molecule has 0 aliphatic heterocycles. The van der Waals surface area contributed by atoms with Crippen LogP contribution in [0.1, 0.15) is 290 Å². The van der Waals surface area contributed by atoms with Gasteiger partial charge >= 0.3 is 17.9 Å². The Hall–Kier alpha value is -3.41. The zero-order valence-electron chi connectivity index (χ0n) is 46.7. The van der Waals surface area contributed by atoms with E-state index in [0.29, 0.717) is 19.3 Å². The van der Waals surface area contributed by atoms with Gasteiger partial charge in [-0.25, -0.2) is 0 Å². The lowest BCUT2D eigenvalue weighted by Crippen LogP contribution is -2.30. The standard InChI is InChI=1S/C65H112O6/c1-4-7-10-13-16-19-20-21-22-23-24-25-26-27-28-29-30-31-32-33-34-35-36-37-38-39-40-41-42-43-44-47-49-52-55-58-64(67)70-61-62(71-65(68)59-56-53-50-46-18-15-12-9-6-3)60-69-63(66)57-54-51-48-45-17-14-11-8-5-2/h7,10,16,19,21-22,24-25,27-28,30-31,33-34,62H,4-6,8-9,11-15,17-18,20,23,26,29,32,35-61H2,1-3H3/b10-7-,19-16-,22-21-,25-24-,28-27-,31-30-,34-33-. The van der Waals surface area contributed by atoms with Crippen molar-refractivity contribution in [2.45, 2.75) is 297 Å². The second-order valence-corrected chi connectivity index (χ2v) is 19.9. The highest BCUT2D eigenvalue weighted by molar-refractivity contribution is 5.71. The van der Waals surface area contributed by atoms with Crippen molar-refractivity contribution < 1.29 is 28.6 Å². The zero-order chi connectivity index (χ0) is 51.4. The van der Waals surface area contributed by atoms with E-state index in [-0.39, 0.29) is 31.1 Å². The molecule has 408 valence electrons. The van der Waals surface area contributed by atoms with Gasteiger partial charge in [-0.3, -0.25) is 14.4 Å². The molecular formula is C65H112O6. The minimum absolute atomic E-state index is 0.0713. The molecule has 1 unspecified atom stereocenters. The van der Waals surface area contributed by atoms with Gasteiger partial charge in [0, 0.05) is 19.3 Å². The third-order valence-corrected chi connectivity index (χ3v) is 12.9. The lowest BCUT2D eigenvalue weighted by atomic mass is 10.0. The van der Waals surface area contributed by atoms with E-state index in [2.05, 4.69) is 106 Å². The maximum Gasteiger partial charge on any atom is 0.306 e. The van der Waals surface area contributed by atoms with E-state index in [9.17, 15) is 14.4 Å². The molecule has 0 aromatic rings. The maximum atomic E-state index is 12.7. The van der Waals surface area contributed by atoms with Crippen molar-refractivity contribution in [3.63, 3.8) is 0 Å². The van der Waals surface area contributed by atoms with Crippen molar-refractivity contribution in [3.05, 3.63) is 85.1 Å². The Morgan fingerprint density at radius 1 is 0.296 bits per heavy atom. The van der Waals surface area contributed by atoms with Crippen LogP contribution in [0.5, 0.6) is 0 Å². The number of unbranched alkanes of at least 4 members (excludes halogenated alkanes) is 29. The Morgan fingerprint density at radius 3 is 0.859 bits per heavy atom. The van der Waals surface area contributed by atoms with E-state index >= 15 is 0 Å². The molecule has 0 rings (SSSR count). The van der Waals surface area contributed by atoms with E-state index < -0.39 is 6.10 Å². The Balaban J connectivity index is 3.99. The van der Waals surface area contributed by atoms with Crippen molar-refractivity contribution in [1.29, 1.82) is 0 Å². The largest absolute Gasteiger partial charge is 0.462 e. The highest BCUT2D eigenvalue weighted by atomic mass is 16.6. The Morgan fingerprint density at radius 2 is 0.549 bits per heavy atom. The molecule has 0 spiro atoms. The summed E-state index contributed by atoms with van der Waals surface area (Å²) >= 11 is 0. The van der Waals surface area contributed by atoms with Crippen molar-refractivity contribution in [2.75, 3.05) is 13.2 Å². The number of ether oxygens (including phenoxy) is 3. The summed E-state index contributed by atoms with van der Waals surface area (Å²) in [5.41, 5.74) is 0. The lowest BCUT2D eigenvalue weighted by Gasteiger charge is -2.18. The summed E-state index contributed by atoms with van der Waals surface area (Å²) in [5, 5.41) is 0. The number of rotatable bonds is 54. The summed E-state index contributed by atoms with van der Waals surface area (Å²) in [6, 6.07) is 0. The normalized spacial score (nSPS) is 12.7. The Bertz CT molecular complexity index is 1370. The average Bonchev–Trinajstić information content (AvgIpc) is 3.37. The Kier molecular flexibility index (Phi) is 56.3. The van der Waals surface area contributed by atoms with Gasteiger partial charge in [0.25, 0.3) is 0 Å². The molecule has 0 N–H and O–H groups in total. The van der Waals surface area contributed by atoms with Crippen LogP contribution in [0, 0.1) is 0 Å². The number of carbonyl (C=O) groups excluding carboxylic acids is 3. The fraction of sp³-hybridized carbons (Fsp3) is 0.738. The van der Waals surface area contributed by atoms with Crippen LogP contribution in [0.3, 0.4) is 0 Å². The van der Waals surface area contributed by atoms with E-state index in [1.165, 1.54) is 148 Å². The van der Waals surface area contributed by atoms with E-state index in [1.807, 2.05) is 0 Å². The number of hydrogen-bond acceptors (Lipinski definition) is 6. The van der Waals surface area contributed by atoms with Crippen LogP contribution in [-0.2, 0) is 28.6 Å². The van der Waals surface area contributed by atoms with Crippen LogP contribution in [-0.4, -0.2) is 37.2 Å². The molecule has 0 saturated carbocycles. The molecule has 0 aromatic heterocycles. The molecule has 0 fully saturated rings. The van der Waals surface area contributed by atoms with Gasteiger partial charge in [0.15, 0.2) is 6.10 Å². The first-order valence-corrected chi connectivity index (χ1v) is 30.1. The number of esters is 3. The van der Waals surface area contributed by atoms with Crippen LogP contribution in [0.15, 0.2) is 85.1 Å². The molecular weight excluding hydrogens is 877 g/mol. The van der Waals surface area contributed by atoms with Gasteiger partial charge in [0.05, 0.1) is 0 Å². The topological polar surface area (TPSA) is 78.9 Å². The fourth-order valence-corrected chi connectivity index (χ4v) is 8.42. The highest BCUT2D eigenvalue weighted by Gasteiger charge is 2.19. The molecule has 0 aliphatic rings. The molecule has 6 nitrogen and oxygen atoms in total. The third-order valence-electron chi connectivity index (χ3n) is 12.9. The first-order valence-electron chi connectivity index (χ1n) is 30.1. The van der Waals surface area contributed by atoms with Gasteiger partial charge in [-0.1, -0.05) is 279 Å². The minimum atomic E-state index is -0.768. The predicted molar refractivity (Wildman–Crippen MR) is 307 cm³/mol. The lowest BCUT2D eigenvalue weighted by molar-refractivity contribution is -0.167. The first-order chi connectivity index (χ1) is 35.0. The van der Waals surface area contributed by atoms with Gasteiger partial charge in [0.2, 0.25) is 0 Å². The molecule has 0 saturated heterocycles. The number of carbonyl (C=O) groups is 3. The molecule has 6 heteroatoms. The molecule has 0 bridgehead atoms. The molecule has 1 atom stereocenters. The SMILES string of the molecule is CC/C=C\C/C=C\C/C=C\C/C=C\C/C=C\C/C=C\C/C=C\CCCCCCCCCCCCCCCC(=O)OCC(COC(=O)CCCCCCCCCCC)OC(=O)CCCCCCCCCCC. The molecule has 0 radical (unpaired) electrons. The molecule has 0 heterocycles. The second kappa shape index (κ2) is 59.2. The summed E-state index contributed by atoms with van der Waals surface area (Å²) < 4.78 is 16.8. The van der Waals surface area contributed by atoms with Gasteiger partial charge in [-0.2, -0.15) is 0 Å². The summed E-state index contributed by atoms with van der Waals surface area (Å²) in [5.74, 6) is -0.871. The molecule has 0 aliphatic carbocycles. The van der Waals surface area contributed by atoms with Crippen LogP contribution in [0.4, 0.5) is 0 Å². The molecule has 0 amide bonds. The van der Waals surface area contributed by atoms with Crippen LogP contribution in [0.25, 0.3) is 0 Å². The summed E-state index contributed by atoms with van der Waals surface area (Å²) in [7, 11) is 0. The van der Waals surface area contributed by atoms with Crippen molar-refractivity contribution in [2.24, 2.45) is 0 Å². The predicted octanol–water partition coefficient (Wildman–Crippen LogP) is 20.3.